The molecule has 286 valence electrons. The normalized spacial score (nSPS) is 16.9. The van der Waals surface area contributed by atoms with Crippen molar-refractivity contribution in [3.8, 4) is 0 Å². The number of ether oxygens (including phenoxy) is 2. The van der Waals surface area contributed by atoms with Gasteiger partial charge in [0.1, 0.15) is 12.6 Å². The second-order valence-electron chi connectivity index (χ2n) is 15.5. The van der Waals surface area contributed by atoms with Gasteiger partial charge in [0.2, 0.25) is 5.69 Å². The Bertz CT molecular complexity index is 2090. The SMILES string of the molecule is CCCCC(C(=O)OCC)N1C(=CC=CC2=[N+](CCCCCC(=O)OCC)c3ccc4ccccc4c3C2(C)C)C(C)(C)c2c1ccc1ccccc21.[Br-]. The second-order valence-corrected chi connectivity index (χ2v) is 15.5. The Morgan fingerprint density at radius 1 is 0.759 bits per heavy atom. The molecule has 0 aliphatic carbocycles. The molecular formula is C47H57BrN2O4. The monoisotopic (exact) mass is 792 g/mol. The maximum atomic E-state index is 13.8. The van der Waals surface area contributed by atoms with E-state index in [0.29, 0.717) is 19.6 Å². The van der Waals surface area contributed by atoms with Crippen LogP contribution in [-0.4, -0.2) is 48.0 Å². The third-order valence-corrected chi connectivity index (χ3v) is 11.2. The van der Waals surface area contributed by atoms with Crippen LogP contribution < -0.4 is 21.9 Å². The van der Waals surface area contributed by atoms with E-state index in [-0.39, 0.29) is 39.8 Å². The van der Waals surface area contributed by atoms with Crippen molar-refractivity contribution >= 4 is 50.6 Å². The van der Waals surface area contributed by atoms with E-state index in [1.165, 1.54) is 44.1 Å². The zero-order chi connectivity index (χ0) is 37.8. The highest BCUT2D eigenvalue weighted by atomic mass is 79.9. The van der Waals surface area contributed by atoms with Crippen molar-refractivity contribution in [3.63, 3.8) is 0 Å². The van der Waals surface area contributed by atoms with Gasteiger partial charge in [-0.3, -0.25) is 4.79 Å². The summed E-state index contributed by atoms with van der Waals surface area (Å²) in [5, 5.41) is 4.94. The average Bonchev–Trinajstić information content (AvgIpc) is 3.50. The van der Waals surface area contributed by atoms with Gasteiger partial charge in [0.15, 0.2) is 5.71 Å². The number of hydrogen-bond donors (Lipinski definition) is 0. The molecule has 54 heavy (non-hydrogen) atoms. The third kappa shape index (κ3) is 7.80. The van der Waals surface area contributed by atoms with Crippen molar-refractivity contribution in [2.75, 3.05) is 24.7 Å². The summed E-state index contributed by atoms with van der Waals surface area (Å²) in [6.45, 7) is 16.8. The molecule has 0 fully saturated rings. The smallest absolute Gasteiger partial charge is 0.329 e. The molecule has 1 atom stereocenters. The number of rotatable bonds is 15. The molecule has 7 heteroatoms. The summed E-state index contributed by atoms with van der Waals surface area (Å²) in [5.41, 5.74) is 6.63. The first-order chi connectivity index (χ1) is 25.6. The van der Waals surface area contributed by atoms with Crippen LogP contribution in [0.5, 0.6) is 0 Å². The van der Waals surface area contributed by atoms with Crippen LogP contribution in [0.2, 0.25) is 0 Å². The molecule has 2 heterocycles. The summed E-state index contributed by atoms with van der Waals surface area (Å²) in [6, 6.07) is 25.7. The Hall–Kier alpha value is -4.23. The van der Waals surface area contributed by atoms with E-state index in [2.05, 4.69) is 135 Å². The molecule has 0 N–H and O–H groups in total. The van der Waals surface area contributed by atoms with Crippen LogP contribution in [0.25, 0.3) is 21.5 Å². The minimum absolute atomic E-state index is 0. The van der Waals surface area contributed by atoms with Crippen molar-refractivity contribution in [3.05, 3.63) is 108 Å². The summed E-state index contributed by atoms with van der Waals surface area (Å²) in [4.78, 5) is 28.1. The van der Waals surface area contributed by atoms with Gasteiger partial charge in [-0.25, -0.2) is 4.79 Å². The predicted molar refractivity (Wildman–Crippen MR) is 218 cm³/mol. The van der Waals surface area contributed by atoms with Crippen molar-refractivity contribution < 1.29 is 40.6 Å². The molecule has 0 bridgehead atoms. The van der Waals surface area contributed by atoms with Gasteiger partial charge in [0.25, 0.3) is 0 Å². The Kier molecular flexibility index (Phi) is 13.3. The molecule has 0 aromatic heterocycles. The van der Waals surface area contributed by atoms with Gasteiger partial charge in [-0.05, 0) is 92.3 Å². The maximum absolute atomic E-state index is 13.8. The summed E-state index contributed by atoms with van der Waals surface area (Å²) in [5.74, 6) is -0.288. The van der Waals surface area contributed by atoms with Crippen LogP contribution >= 0.6 is 0 Å². The highest BCUT2D eigenvalue weighted by Crippen LogP contribution is 2.52. The highest BCUT2D eigenvalue weighted by molar-refractivity contribution is 6.08. The van der Waals surface area contributed by atoms with Gasteiger partial charge in [0.05, 0.1) is 18.6 Å². The summed E-state index contributed by atoms with van der Waals surface area (Å²) in [6.07, 6.45) is 12.6. The number of esters is 2. The van der Waals surface area contributed by atoms with Crippen LogP contribution in [0.15, 0.2) is 96.7 Å². The molecule has 4 aromatic rings. The first-order valence-electron chi connectivity index (χ1n) is 19.8. The van der Waals surface area contributed by atoms with Gasteiger partial charge in [-0.1, -0.05) is 94.3 Å². The number of fused-ring (bicyclic) bond motifs is 6. The lowest BCUT2D eigenvalue weighted by molar-refractivity contribution is -0.438. The van der Waals surface area contributed by atoms with Crippen LogP contribution in [0, 0.1) is 0 Å². The lowest BCUT2D eigenvalue weighted by Crippen LogP contribution is -3.00. The number of nitrogens with zero attached hydrogens (tertiary/aromatic N) is 2. The van der Waals surface area contributed by atoms with E-state index in [9.17, 15) is 9.59 Å². The van der Waals surface area contributed by atoms with Gasteiger partial charge >= 0.3 is 11.9 Å². The van der Waals surface area contributed by atoms with Gasteiger partial charge in [-0.2, -0.15) is 4.58 Å². The van der Waals surface area contributed by atoms with E-state index in [1.807, 2.05) is 13.8 Å². The van der Waals surface area contributed by atoms with E-state index < -0.39 is 6.04 Å². The fourth-order valence-electron chi connectivity index (χ4n) is 8.75. The van der Waals surface area contributed by atoms with E-state index in [4.69, 9.17) is 9.47 Å². The molecule has 4 aromatic carbocycles. The summed E-state index contributed by atoms with van der Waals surface area (Å²) >= 11 is 0. The number of benzene rings is 4. The predicted octanol–water partition coefficient (Wildman–Crippen LogP) is 7.86. The molecular weight excluding hydrogens is 736 g/mol. The quantitative estimate of drug-likeness (QED) is 0.0698. The number of hydrogen-bond acceptors (Lipinski definition) is 5. The molecule has 2 aliphatic rings. The van der Waals surface area contributed by atoms with Crippen LogP contribution in [0.3, 0.4) is 0 Å². The van der Waals surface area contributed by atoms with Crippen molar-refractivity contribution in [1.29, 1.82) is 0 Å². The standard InChI is InChI=1S/C47H57N2O4.BrH/c1-8-11-24-39(45(51)53-10-3)49-38-31-29-34-21-15-17-23-36(34)44(38)47(6,7)41(49)26-19-25-40-46(4,5)43-35-22-16-14-20-33(35)28-30-37(43)48(40)32-18-12-13-27-42(50)52-9-2;/h14-17,19-23,25-26,28-31,39H,8-13,18,24,27,32H2,1-7H3;1H/q+1;/p-1. The van der Waals surface area contributed by atoms with Crippen molar-refractivity contribution in [1.82, 2.24) is 0 Å². The first kappa shape index (κ1) is 40.9. The number of carbonyl (C=O) groups excluding carboxylic acids is 2. The number of halogens is 1. The third-order valence-electron chi connectivity index (χ3n) is 11.2. The molecule has 0 radical (unpaired) electrons. The largest absolute Gasteiger partial charge is 1.00 e. The first-order valence-corrected chi connectivity index (χ1v) is 19.8. The number of allylic oxidation sites excluding steroid dienone is 4. The Labute approximate surface area is 332 Å². The van der Waals surface area contributed by atoms with Gasteiger partial charge < -0.3 is 31.4 Å². The van der Waals surface area contributed by atoms with Crippen molar-refractivity contribution in [2.45, 2.75) is 110 Å². The molecule has 6 nitrogen and oxygen atoms in total. The lowest BCUT2D eigenvalue weighted by Gasteiger charge is -2.32. The van der Waals surface area contributed by atoms with Gasteiger partial charge in [0, 0.05) is 47.3 Å². The fraction of sp³-hybridized carbons (Fsp3) is 0.426. The molecule has 0 saturated heterocycles. The van der Waals surface area contributed by atoms with E-state index >= 15 is 0 Å². The topological polar surface area (TPSA) is 58.8 Å². The lowest BCUT2D eigenvalue weighted by atomic mass is 9.79. The molecule has 6 rings (SSSR count). The average molecular weight is 794 g/mol. The van der Waals surface area contributed by atoms with Crippen LogP contribution in [0.1, 0.15) is 105 Å². The van der Waals surface area contributed by atoms with Crippen LogP contribution in [-0.2, 0) is 29.9 Å². The fourth-order valence-corrected chi connectivity index (χ4v) is 8.75. The highest BCUT2D eigenvalue weighted by Gasteiger charge is 2.47. The van der Waals surface area contributed by atoms with Gasteiger partial charge in [-0.15, -0.1) is 0 Å². The minimum Gasteiger partial charge on any atom is -1.00 e. The minimum atomic E-state index is -0.423. The molecule has 0 saturated carbocycles. The maximum Gasteiger partial charge on any atom is 0.329 e. The summed E-state index contributed by atoms with van der Waals surface area (Å²) < 4.78 is 13.4. The zero-order valence-electron chi connectivity index (χ0n) is 33.2. The van der Waals surface area contributed by atoms with E-state index in [1.54, 1.807) is 0 Å². The number of carbonyl (C=O) groups is 2. The van der Waals surface area contributed by atoms with E-state index in [0.717, 1.165) is 56.5 Å². The molecule has 1 unspecified atom stereocenters. The Morgan fingerprint density at radius 2 is 1.41 bits per heavy atom. The van der Waals surface area contributed by atoms with Crippen LogP contribution in [0.4, 0.5) is 11.4 Å². The zero-order valence-corrected chi connectivity index (χ0v) is 34.8. The Balaban J connectivity index is 0.00000561. The molecule has 0 amide bonds. The second kappa shape index (κ2) is 17.5. The molecule has 2 aliphatic heterocycles. The van der Waals surface area contributed by atoms with Crippen molar-refractivity contribution in [2.24, 2.45) is 0 Å². The molecule has 0 spiro atoms. The summed E-state index contributed by atoms with van der Waals surface area (Å²) in [7, 11) is 0. The Morgan fingerprint density at radius 3 is 2.07 bits per heavy atom. The number of unbranched alkanes of at least 4 members (excludes halogenated alkanes) is 3. The number of anilines is 1.